The highest BCUT2D eigenvalue weighted by Gasteiger charge is 2.06. The highest BCUT2D eigenvalue weighted by Crippen LogP contribution is 2.04. The fourth-order valence-electron chi connectivity index (χ4n) is 1.59. The Morgan fingerprint density at radius 3 is 2.56 bits per heavy atom. The largest absolute Gasteiger partial charge is 0.367 e. The molecule has 0 unspecified atom stereocenters. The predicted molar refractivity (Wildman–Crippen MR) is 67.3 cm³/mol. The smallest absolute Gasteiger partial charge is 0.150 e. The van der Waals surface area contributed by atoms with Gasteiger partial charge in [0.1, 0.15) is 0 Å². The molecule has 5 nitrogen and oxygen atoms in total. The minimum absolute atomic E-state index is 0.880. The molecule has 0 aliphatic heterocycles. The van der Waals surface area contributed by atoms with Gasteiger partial charge >= 0.3 is 0 Å². The van der Waals surface area contributed by atoms with Gasteiger partial charge in [-0.05, 0) is 37.1 Å². The first-order valence-electron chi connectivity index (χ1n) is 5.68. The van der Waals surface area contributed by atoms with Gasteiger partial charge in [-0.1, -0.05) is 12.2 Å². The van der Waals surface area contributed by atoms with Gasteiger partial charge in [0, 0.05) is 26.6 Å². The van der Waals surface area contributed by atoms with Crippen molar-refractivity contribution in [3.05, 3.63) is 5.82 Å². The molecule has 1 aromatic heterocycles. The molecule has 0 amide bonds. The fraction of sp³-hybridized carbons (Fsp3) is 0.800. The molecule has 6 heteroatoms. The summed E-state index contributed by atoms with van der Waals surface area (Å²) >= 11 is 5.37. The summed E-state index contributed by atoms with van der Waals surface area (Å²) in [6.07, 6.45) is 2.82. The number of tetrazole rings is 1. The van der Waals surface area contributed by atoms with Crippen LogP contribution in [-0.2, 0) is 13.5 Å². The Balaban J connectivity index is 2.30. The molecule has 16 heavy (non-hydrogen) atoms. The summed E-state index contributed by atoms with van der Waals surface area (Å²) in [6.45, 7) is 6.23. The SMILES string of the molecule is CCN(CC)C(=S)CCCc1nnnn1C. The van der Waals surface area contributed by atoms with Crippen LogP contribution in [0.2, 0.25) is 0 Å². The van der Waals surface area contributed by atoms with Gasteiger partial charge in [0.25, 0.3) is 0 Å². The first kappa shape index (κ1) is 13.0. The summed E-state index contributed by atoms with van der Waals surface area (Å²) in [4.78, 5) is 3.25. The van der Waals surface area contributed by atoms with Gasteiger partial charge in [0.15, 0.2) is 5.82 Å². The van der Waals surface area contributed by atoms with Gasteiger partial charge in [-0.2, -0.15) is 0 Å². The molecular formula is C10H19N5S. The minimum Gasteiger partial charge on any atom is -0.367 e. The highest BCUT2D eigenvalue weighted by atomic mass is 32.1. The highest BCUT2D eigenvalue weighted by molar-refractivity contribution is 7.80. The Labute approximate surface area is 102 Å². The number of aromatic nitrogens is 4. The van der Waals surface area contributed by atoms with E-state index in [0.29, 0.717) is 0 Å². The van der Waals surface area contributed by atoms with E-state index in [4.69, 9.17) is 12.2 Å². The standard InChI is InChI=1S/C10H19N5S/c1-4-15(5-2)10(16)8-6-7-9-11-12-13-14(9)3/h4-8H2,1-3H3. The topological polar surface area (TPSA) is 46.8 Å². The van der Waals surface area contributed by atoms with Crippen molar-refractivity contribution in [2.24, 2.45) is 7.05 Å². The molecule has 0 aliphatic carbocycles. The zero-order chi connectivity index (χ0) is 12.0. The maximum atomic E-state index is 5.37. The molecule has 90 valence electrons. The van der Waals surface area contributed by atoms with Crippen molar-refractivity contribution in [2.45, 2.75) is 33.1 Å². The summed E-state index contributed by atoms with van der Waals surface area (Å²) < 4.78 is 1.71. The van der Waals surface area contributed by atoms with Crippen LogP contribution in [0.15, 0.2) is 0 Å². The van der Waals surface area contributed by atoms with Crippen LogP contribution < -0.4 is 0 Å². The van der Waals surface area contributed by atoms with Crippen molar-refractivity contribution in [1.29, 1.82) is 0 Å². The minimum atomic E-state index is 0.880. The van der Waals surface area contributed by atoms with E-state index < -0.39 is 0 Å². The number of thiocarbonyl (C=S) groups is 1. The lowest BCUT2D eigenvalue weighted by Gasteiger charge is -2.21. The molecule has 0 aliphatic rings. The van der Waals surface area contributed by atoms with Crippen molar-refractivity contribution in [3.63, 3.8) is 0 Å². The second-order valence-electron chi connectivity index (χ2n) is 3.64. The number of hydrogen-bond acceptors (Lipinski definition) is 4. The molecule has 0 atom stereocenters. The molecule has 0 spiro atoms. The zero-order valence-electron chi connectivity index (χ0n) is 10.2. The van der Waals surface area contributed by atoms with E-state index in [-0.39, 0.29) is 0 Å². The van der Waals surface area contributed by atoms with E-state index in [1.807, 2.05) is 7.05 Å². The Morgan fingerprint density at radius 1 is 1.38 bits per heavy atom. The molecule has 0 N–H and O–H groups in total. The lowest BCUT2D eigenvalue weighted by atomic mass is 10.2. The second-order valence-corrected chi connectivity index (χ2v) is 4.11. The van der Waals surface area contributed by atoms with Crippen molar-refractivity contribution < 1.29 is 0 Å². The maximum Gasteiger partial charge on any atom is 0.150 e. The molecular weight excluding hydrogens is 222 g/mol. The maximum absolute atomic E-state index is 5.37. The fourth-order valence-corrected chi connectivity index (χ4v) is 1.99. The monoisotopic (exact) mass is 241 g/mol. The molecule has 0 aromatic carbocycles. The molecule has 1 aromatic rings. The number of hydrogen-bond donors (Lipinski definition) is 0. The average Bonchev–Trinajstić information content (AvgIpc) is 2.66. The summed E-state index contributed by atoms with van der Waals surface area (Å²) in [5.41, 5.74) is 0. The Kier molecular flexibility index (Phi) is 5.31. The van der Waals surface area contributed by atoms with Gasteiger partial charge in [-0.15, -0.1) is 5.10 Å². The Hall–Kier alpha value is -1.04. The third-order valence-corrected chi connectivity index (χ3v) is 3.08. The van der Waals surface area contributed by atoms with Gasteiger partial charge < -0.3 is 4.90 Å². The van der Waals surface area contributed by atoms with E-state index in [0.717, 1.165) is 43.2 Å². The lowest BCUT2D eigenvalue weighted by Crippen LogP contribution is -2.28. The molecule has 0 fully saturated rings. The van der Waals surface area contributed by atoms with Gasteiger partial charge in [0.05, 0.1) is 4.99 Å². The van der Waals surface area contributed by atoms with Crippen LogP contribution in [0, 0.1) is 0 Å². The first-order chi connectivity index (χ1) is 7.69. The number of aryl methyl sites for hydroxylation is 2. The van der Waals surface area contributed by atoms with Crippen LogP contribution in [-0.4, -0.2) is 43.2 Å². The summed E-state index contributed by atoms with van der Waals surface area (Å²) in [5, 5.41) is 11.3. The van der Waals surface area contributed by atoms with Gasteiger partial charge in [-0.3, -0.25) is 0 Å². The zero-order valence-corrected chi connectivity index (χ0v) is 11.0. The van der Waals surface area contributed by atoms with Crippen LogP contribution in [0.4, 0.5) is 0 Å². The number of rotatable bonds is 6. The van der Waals surface area contributed by atoms with Crippen LogP contribution in [0.1, 0.15) is 32.5 Å². The van der Waals surface area contributed by atoms with E-state index >= 15 is 0 Å². The van der Waals surface area contributed by atoms with Crippen LogP contribution >= 0.6 is 12.2 Å². The quantitative estimate of drug-likeness (QED) is 0.700. The van der Waals surface area contributed by atoms with E-state index in [1.54, 1.807) is 4.68 Å². The van der Waals surface area contributed by atoms with Crippen LogP contribution in [0.25, 0.3) is 0 Å². The molecule has 0 saturated carbocycles. The third kappa shape index (κ3) is 3.52. The molecule has 0 radical (unpaired) electrons. The van der Waals surface area contributed by atoms with Crippen LogP contribution in [0.3, 0.4) is 0 Å². The summed E-state index contributed by atoms with van der Waals surface area (Å²) in [7, 11) is 1.86. The van der Waals surface area contributed by atoms with Gasteiger partial charge in [-0.25, -0.2) is 4.68 Å². The summed E-state index contributed by atoms with van der Waals surface area (Å²) in [6, 6.07) is 0. The first-order valence-corrected chi connectivity index (χ1v) is 6.08. The van der Waals surface area contributed by atoms with Crippen molar-refractivity contribution >= 4 is 17.2 Å². The van der Waals surface area contributed by atoms with Crippen molar-refractivity contribution in [3.8, 4) is 0 Å². The molecule has 0 bridgehead atoms. The van der Waals surface area contributed by atoms with E-state index in [2.05, 4.69) is 34.3 Å². The van der Waals surface area contributed by atoms with Gasteiger partial charge in [0.2, 0.25) is 0 Å². The Morgan fingerprint density at radius 2 is 2.06 bits per heavy atom. The molecule has 1 rings (SSSR count). The lowest BCUT2D eigenvalue weighted by molar-refractivity contribution is 0.461. The summed E-state index contributed by atoms with van der Waals surface area (Å²) in [5.74, 6) is 0.919. The normalized spacial score (nSPS) is 10.4. The van der Waals surface area contributed by atoms with Crippen molar-refractivity contribution in [2.75, 3.05) is 13.1 Å². The average molecular weight is 241 g/mol. The van der Waals surface area contributed by atoms with Crippen LogP contribution in [0.5, 0.6) is 0 Å². The van der Waals surface area contributed by atoms with Crippen molar-refractivity contribution in [1.82, 2.24) is 25.1 Å². The molecule has 0 saturated heterocycles. The van der Waals surface area contributed by atoms with E-state index in [1.165, 1.54) is 0 Å². The second kappa shape index (κ2) is 6.52. The molecule has 1 heterocycles. The van der Waals surface area contributed by atoms with E-state index in [9.17, 15) is 0 Å². The number of nitrogens with zero attached hydrogens (tertiary/aromatic N) is 5. The Bertz CT molecular complexity index is 332. The predicted octanol–water partition coefficient (Wildman–Crippen LogP) is 1.20. The third-order valence-electron chi connectivity index (χ3n) is 2.62.